The first-order valence-electron chi connectivity index (χ1n) is 9.34. The van der Waals surface area contributed by atoms with Crippen LogP contribution in [0.1, 0.15) is 39.7 Å². The third kappa shape index (κ3) is 3.61. The molecule has 0 saturated carbocycles. The van der Waals surface area contributed by atoms with Gasteiger partial charge in [-0.05, 0) is 42.8 Å². The summed E-state index contributed by atoms with van der Waals surface area (Å²) >= 11 is 0. The van der Waals surface area contributed by atoms with Gasteiger partial charge in [-0.25, -0.2) is 5.01 Å². The van der Waals surface area contributed by atoms with Crippen LogP contribution in [0.25, 0.3) is 0 Å². The molecule has 4 rings (SSSR count). The maximum atomic E-state index is 13.0. The standard InChI is InChI=1S/C23H22N2O4/c1-15-6-8-16(9-7-15)19-14-18(17-10-11-20(27-2)22(13-17)28-3)24-25(19)23(26)21-5-4-12-29-21/h4-13,19H,14H2,1-3H3/t19-/m0/s1. The number of amides is 1. The number of methoxy groups -OCH3 is 2. The zero-order chi connectivity index (χ0) is 20.4. The Morgan fingerprint density at radius 3 is 2.48 bits per heavy atom. The van der Waals surface area contributed by atoms with Crippen LogP contribution in [0.2, 0.25) is 0 Å². The van der Waals surface area contributed by atoms with E-state index >= 15 is 0 Å². The minimum atomic E-state index is -0.268. The van der Waals surface area contributed by atoms with Crippen molar-refractivity contribution in [3.8, 4) is 11.5 Å². The molecule has 1 aliphatic rings. The number of rotatable bonds is 5. The van der Waals surface area contributed by atoms with E-state index < -0.39 is 0 Å². The molecule has 1 amide bonds. The van der Waals surface area contributed by atoms with E-state index in [0.717, 1.165) is 22.4 Å². The van der Waals surface area contributed by atoms with Crippen molar-refractivity contribution in [3.05, 3.63) is 83.3 Å². The van der Waals surface area contributed by atoms with Crippen LogP contribution in [-0.2, 0) is 0 Å². The molecule has 0 spiro atoms. The molecule has 0 fully saturated rings. The van der Waals surface area contributed by atoms with E-state index in [1.165, 1.54) is 11.3 Å². The van der Waals surface area contributed by atoms with Crippen LogP contribution in [0, 0.1) is 6.92 Å². The lowest BCUT2D eigenvalue weighted by Gasteiger charge is -2.21. The Balaban J connectivity index is 1.73. The van der Waals surface area contributed by atoms with Gasteiger partial charge in [-0.15, -0.1) is 0 Å². The molecule has 3 aromatic rings. The zero-order valence-corrected chi connectivity index (χ0v) is 16.6. The van der Waals surface area contributed by atoms with Crippen molar-refractivity contribution in [1.82, 2.24) is 5.01 Å². The average molecular weight is 390 g/mol. The summed E-state index contributed by atoms with van der Waals surface area (Å²) in [6.45, 7) is 2.04. The Bertz CT molecular complexity index is 1040. The highest BCUT2D eigenvalue weighted by Gasteiger charge is 2.34. The third-order valence-electron chi connectivity index (χ3n) is 5.03. The lowest BCUT2D eigenvalue weighted by atomic mass is 9.97. The van der Waals surface area contributed by atoms with Gasteiger partial charge in [0.05, 0.1) is 32.2 Å². The van der Waals surface area contributed by atoms with Crippen LogP contribution >= 0.6 is 0 Å². The summed E-state index contributed by atoms with van der Waals surface area (Å²) in [6.07, 6.45) is 2.08. The molecule has 2 heterocycles. The number of carbonyl (C=O) groups excluding carboxylic acids is 1. The first kappa shape index (κ1) is 18.8. The second-order valence-corrected chi connectivity index (χ2v) is 6.87. The van der Waals surface area contributed by atoms with Crippen LogP contribution in [0.3, 0.4) is 0 Å². The first-order chi connectivity index (χ1) is 14.1. The Kier molecular flexibility index (Phi) is 5.08. The highest BCUT2D eigenvalue weighted by molar-refractivity contribution is 6.05. The molecule has 0 radical (unpaired) electrons. The van der Waals surface area contributed by atoms with Crippen LogP contribution in [0.15, 0.2) is 70.4 Å². The van der Waals surface area contributed by atoms with Crippen molar-refractivity contribution in [1.29, 1.82) is 0 Å². The zero-order valence-electron chi connectivity index (χ0n) is 16.6. The summed E-state index contributed by atoms with van der Waals surface area (Å²) in [6, 6.07) is 16.9. The van der Waals surface area contributed by atoms with Gasteiger partial charge in [-0.2, -0.15) is 5.10 Å². The van der Waals surface area contributed by atoms with E-state index in [0.29, 0.717) is 17.9 Å². The topological polar surface area (TPSA) is 64.3 Å². The van der Waals surface area contributed by atoms with E-state index in [4.69, 9.17) is 13.9 Å². The van der Waals surface area contributed by atoms with Gasteiger partial charge in [0.1, 0.15) is 0 Å². The molecule has 6 heteroatoms. The summed E-state index contributed by atoms with van der Waals surface area (Å²) in [5, 5.41) is 6.18. The number of nitrogens with zero attached hydrogens (tertiary/aromatic N) is 2. The van der Waals surface area contributed by atoms with Crippen molar-refractivity contribution in [2.24, 2.45) is 5.10 Å². The van der Waals surface area contributed by atoms with Crippen molar-refractivity contribution in [2.75, 3.05) is 14.2 Å². The molecule has 6 nitrogen and oxygen atoms in total. The molecule has 29 heavy (non-hydrogen) atoms. The van der Waals surface area contributed by atoms with Gasteiger partial charge in [-0.1, -0.05) is 29.8 Å². The van der Waals surface area contributed by atoms with Gasteiger partial charge < -0.3 is 13.9 Å². The van der Waals surface area contributed by atoms with E-state index in [1.807, 2.05) is 49.4 Å². The Morgan fingerprint density at radius 2 is 1.83 bits per heavy atom. The third-order valence-corrected chi connectivity index (χ3v) is 5.03. The average Bonchev–Trinajstić information content (AvgIpc) is 3.44. The number of hydrazone groups is 1. The minimum Gasteiger partial charge on any atom is -0.493 e. The summed E-state index contributed by atoms with van der Waals surface area (Å²) in [7, 11) is 3.20. The van der Waals surface area contributed by atoms with Crippen molar-refractivity contribution >= 4 is 11.6 Å². The molecule has 1 aromatic heterocycles. The predicted octanol–water partition coefficient (Wildman–Crippen LogP) is 4.60. The normalized spacial score (nSPS) is 15.9. The Labute approximate surface area is 169 Å². The maximum absolute atomic E-state index is 13.0. The first-order valence-corrected chi connectivity index (χ1v) is 9.34. The molecule has 0 saturated heterocycles. The van der Waals surface area contributed by atoms with Crippen molar-refractivity contribution < 1.29 is 18.7 Å². The SMILES string of the molecule is COc1ccc(C2=NN(C(=O)c3ccco3)[C@H](c3ccc(C)cc3)C2)cc1OC. The smallest absolute Gasteiger partial charge is 0.310 e. The summed E-state index contributed by atoms with van der Waals surface area (Å²) in [4.78, 5) is 13.0. The monoisotopic (exact) mass is 390 g/mol. The number of benzene rings is 2. The molecule has 0 bridgehead atoms. The number of carbonyl (C=O) groups is 1. The minimum absolute atomic E-state index is 0.212. The fourth-order valence-electron chi connectivity index (χ4n) is 3.45. The molecule has 2 aromatic carbocycles. The van der Waals surface area contributed by atoms with Gasteiger partial charge in [0.15, 0.2) is 17.3 Å². The molecule has 1 aliphatic heterocycles. The van der Waals surface area contributed by atoms with Crippen LogP contribution < -0.4 is 9.47 Å². The number of aryl methyl sites for hydroxylation is 1. The molecular formula is C23H22N2O4. The molecule has 0 aliphatic carbocycles. The van der Waals surface area contributed by atoms with E-state index in [1.54, 1.807) is 26.4 Å². The Hall–Kier alpha value is -3.54. The van der Waals surface area contributed by atoms with Crippen LogP contribution in [0.4, 0.5) is 0 Å². The van der Waals surface area contributed by atoms with Crippen LogP contribution in [-0.4, -0.2) is 30.8 Å². The second kappa shape index (κ2) is 7.83. The van der Waals surface area contributed by atoms with E-state index in [-0.39, 0.29) is 17.7 Å². The highest BCUT2D eigenvalue weighted by Crippen LogP contribution is 2.36. The maximum Gasteiger partial charge on any atom is 0.310 e. The fourth-order valence-corrected chi connectivity index (χ4v) is 3.45. The van der Waals surface area contributed by atoms with Gasteiger partial charge in [-0.3, -0.25) is 4.79 Å². The van der Waals surface area contributed by atoms with Crippen molar-refractivity contribution in [2.45, 2.75) is 19.4 Å². The number of hydrogen-bond acceptors (Lipinski definition) is 5. The highest BCUT2D eigenvalue weighted by atomic mass is 16.5. The van der Waals surface area contributed by atoms with Crippen LogP contribution in [0.5, 0.6) is 11.5 Å². The van der Waals surface area contributed by atoms with E-state index in [9.17, 15) is 4.79 Å². The molecule has 148 valence electrons. The van der Waals surface area contributed by atoms with Gasteiger partial charge in [0.2, 0.25) is 0 Å². The fraction of sp³-hybridized carbons (Fsp3) is 0.217. The predicted molar refractivity (Wildman–Crippen MR) is 109 cm³/mol. The summed E-state index contributed by atoms with van der Waals surface area (Å²) in [5.41, 5.74) is 3.87. The molecule has 0 N–H and O–H groups in total. The number of hydrogen-bond donors (Lipinski definition) is 0. The van der Waals surface area contributed by atoms with Gasteiger partial charge in [0, 0.05) is 12.0 Å². The lowest BCUT2D eigenvalue weighted by Crippen LogP contribution is -2.26. The van der Waals surface area contributed by atoms with Gasteiger partial charge >= 0.3 is 5.91 Å². The van der Waals surface area contributed by atoms with Gasteiger partial charge in [0.25, 0.3) is 0 Å². The quantitative estimate of drug-likeness (QED) is 0.639. The Morgan fingerprint density at radius 1 is 1.07 bits per heavy atom. The lowest BCUT2D eigenvalue weighted by molar-refractivity contribution is 0.0678. The molecule has 0 unspecified atom stereocenters. The number of ether oxygens (including phenoxy) is 2. The summed E-state index contributed by atoms with van der Waals surface area (Å²) in [5.74, 6) is 1.26. The largest absolute Gasteiger partial charge is 0.493 e. The molecule has 1 atom stereocenters. The van der Waals surface area contributed by atoms with Crippen molar-refractivity contribution in [3.63, 3.8) is 0 Å². The summed E-state index contributed by atoms with van der Waals surface area (Å²) < 4.78 is 16.1. The van der Waals surface area contributed by atoms with E-state index in [2.05, 4.69) is 5.10 Å². The molecular weight excluding hydrogens is 368 g/mol. The second-order valence-electron chi connectivity index (χ2n) is 6.87. The number of furan rings is 1.